The van der Waals surface area contributed by atoms with Crippen LogP contribution in [-0.4, -0.2) is 25.7 Å². The van der Waals surface area contributed by atoms with Gasteiger partial charge in [0.1, 0.15) is 0 Å². The van der Waals surface area contributed by atoms with Crippen LogP contribution >= 0.6 is 11.6 Å². The van der Waals surface area contributed by atoms with Crippen LogP contribution in [-0.2, 0) is 9.53 Å². The molecule has 1 rings (SSSR count). The predicted octanol–water partition coefficient (Wildman–Crippen LogP) is 2.75. The number of halogens is 1. The van der Waals surface area contributed by atoms with Crippen LogP contribution in [0.3, 0.4) is 0 Å². The van der Waals surface area contributed by atoms with Crippen LogP contribution in [0.4, 0.5) is 11.4 Å². The molecule has 0 aliphatic rings. The Balaban J connectivity index is 2.71. The molecule has 17 heavy (non-hydrogen) atoms. The molecule has 0 saturated carbocycles. The summed E-state index contributed by atoms with van der Waals surface area (Å²) in [7, 11) is 1.66. The van der Waals surface area contributed by atoms with Gasteiger partial charge in [-0.25, -0.2) is 0 Å². The van der Waals surface area contributed by atoms with Crippen LogP contribution in [0.2, 0.25) is 5.02 Å². The van der Waals surface area contributed by atoms with Gasteiger partial charge in [-0.05, 0) is 25.1 Å². The summed E-state index contributed by atoms with van der Waals surface area (Å²) in [5.74, 6) is -0.139. The summed E-state index contributed by atoms with van der Waals surface area (Å²) in [5.41, 5.74) is 1.51. The Kier molecular flexibility index (Phi) is 5.25. The van der Waals surface area contributed by atoms with Crippen molar-refractivity contribution in [1.82, 2.24) is 0 Å². The van der Waals surface area contributed by atoms with Gasteiger partial charge in [-0.15, -0.1) is 0 Å². The summed E-state index contributed by atoms with van der Waals surface area (Å²) < 4.78 is 5.03. The number of hydrogen-bond donors (Lipinski definition) is 2. The Morgan fingerprint density at radius 3 is 2.76 bits per heavy atom. The molecule has 0 heterocycles. The first-order valence-corrected chi connectivity index (χ1v) is 5.73. The van der Waals surface area contributed by atoms with E-state index < -0.39 is 0 Å². The minimum Gasteiger partial charge on any atom is -0.383 e. The first kappa shape index (κ1) is 13.8. The van der Waals surface area contributed by atoms with Gasteiger partial charge in [-0.1, -0.05) is 11.6 Å². The van der Waals surface area contributed by atoms with E-state index in [-0.39, 0.29) is 11.9 Å². The number of methoxy groups -OCH3 is 1. The largest absolute Gasteiger partial charge is 0.383 e. The van der Waals surface area contributed by atoms with Crippen LogP contribution in [0, 0.1) is 0 Å². The van der Waals surface area contributed by atoms with Crippen molar-refractivity contribution in [1.29, 1.82) is 0 Å². The van der Waals surface area contributed by atoms with Gasteiger partial charge in [0, 0.05) is 25.8 Å². The molecule has 1 atom stereocenters. The van der Waals surface area contributed by atoms with E-state index in [0.29, 0.717) is 17.3 Å². The predicted molar refractivity (Wildman–Crippen MR) is 70.7 cm³/mol. The molecule has 5 heteroatoms. The fourth-order valence-corrected chi connectivity index (χ4v) is 1.70. The fraction of sp³-hybridized carbons (Fsp3) is 0.417. The number of nitrogens with one attached hydrogen (secondary N) is 2. The average molecular weight is 257 g/mol. The van der Waals surface area contributed by atoms with Gasteiger partial charge in [0.2, 0.25) is 5.91 Å². The molecular formula is C12H17ClN2O2. The van der Waals surface area contributed by atoms with Gasteiger partial charge in [-0.2, -0.15) is 0 Å². The summed E-state index contributed by atoms with van der Waals surface area (Å²) >= 11 is 6.05. The van der Waals surface area contributed by atoms with E-state index in [9.17, 15) is 4.79 Å². The maximum absolute atomic E-state index is 10.9. The number of rotatable bonds is 5. The molecule has 1 amide bonds. The summed E-state index contributed by atoms with van der Waals surface area (Å²) in [6.07, 6.45) is 0. The standard InChI is InChI=1S/C12H17ClN2O2/c1-8(7-17-3)14-10-4-5-12(11(13)6-10)15-9(2)16/h4-6,8,14H,7H2,1-3H3,(H,15,16). The Labute approximate surface area is 106 Å². The van der Waals surface area contributed by atoms with E-state index in [1.165, 1.54) is 6.92 Å². The minimum absolute atomic E-state index is 0.139. The third-order valence-electron chi connectivity index (χ3n) is 2.11. The first-order chi connectivity index (χ1) is 8.02. The topological polar surface area (TPSA) is 50.4 Å². The van der Waals surface area contributed by atoms with Gasteiger partial charge < -0.3 is 15.4 Å². The number of carbonyl (C=O) groups excluding carboxylic acids is 1. The number of hydrogen-bond acceptors (Lipinski definition) is 3. The lowest BCUT2D eigenvalue weighted by Gasteiger charge is -2.15. The molecule has 0 aliphatic carbocycles. The van der Waals surface area contributed by atoms with Gasteiger partial charge in [0.05, 0.1) is 17.3 Å². The maximum Gasteiger partial charge on any atom is 0.221 e. The van der Waals surface area contributed by atoms with Crippen LogP contribution < -0.4 is 10.6 Å². The van der Waals surface area contributed by atoms with E-state index in [1.54, 1.807) is 19.2 Å². The molecule has 1 unspecified atom stereocenters. The molecule has 2 N–H and O–H groups in total. The van der Waals surface area contributed by atoms with Crippen molar-refractivity contribution in [3.63, 3.8) is 0 Å². The Bertz CT molecular complexity index is 396. The van der Waals surface area contributed by atoms with Crippen molar-refractivity contribution < 1.29 is 9.53 Å². The summed E-state index contributed by atoms with van der Waals surface area (Å²) in [4.78, 5) is 10.9. The average Bonchev–Trinajstić information content (AvgIpc) is 2.22. The van der Waals surface area contributed by atoms with Gasteiger partial charge in [-0.3, -0.25) is 4.79 Å². The highest BCUT2D eigenvalue weighted by molar-refractivity contribution is 6.34. The molecule has 0 spiro atoms. The molecule has 0 radical (unpaired) electrons. The van der Waals surface area contributed by atoms with Gasteiger partial charge in [0.15, 0.2) is 0 Å². The molecule has 0 aromatic heterocycles. The van der Waals surface area contributed by atoms with E-state index >= 15 is 0 Å². The number of ether oxygens (including phenoxy) is 1. The fourth-order valence-electron chi connectivity index (χ4n) is 1.47. The molecule has 0 saturated heterocycles. The molecule has 0 aliphatic heterocycles. The highest BCUT2D eigenvalue weighted by atomic mass is 35.5. The van der Waals surface area contributed by atoms with Crippen molar-refractivity contribution in [2.75, 3.05) is 24.4 Å². The highest BCUT2D eigenvalue weighted by Gasteiger charge is 2.05. The second-order valence-corrected chi connectivity index (χ2v) is 4.28. The van der Waals surface area contributed by atoms with Crippen LogP contribution in [0.25, 0.3) is 0 Å². The zero-order chi connectivity index (χ0) is 12.8. The van der Waals surface area contributed by atoms with Crippen molar-refractivity contribution >= 4 is 28.9 Å². The van der Waals surface area contributed by atoms with Crippen LogP contribution in [0.1, 0.15) is 13.8 Å². The van der Waals surface area contributed by atoms with Crippen molar-refractivity contribution in [3.05, 3.63) is 23.2 Å². The molecule has 1 aromatic carbocycles. The highest BCUT2D eigenvalue weighted by Crippen LogP contribution is 2.25. The first-order valence-electron chi connectivity index (χ1n) is 5.35. The molecule has 94 valence electrons. The quantitative estimate of drug-likeness (QED) is 0.852. The smallest absolute Gasteiger partial charge is 0.221 e. The number of carbonyl (C=O) groups is 1. The zero-order valence-electron chi connectivity index (χ0n) is 10.2. The zero-order valence-corrected chi connectivity index (χ0v) is 11.0. The second kappa shape index (κ2) is 6.47. The third kappa shape index (κ3) is 4.63. The van der Waals surface area contributed by atoms with Crippen molar-refractivity contribution in [3.8, 4) is 0 Å². The van der Waals surface area contributed by atoms with E-state index in [4.69, 9.17) is 16.3 Å². The van der Waals surface area contributed by atoms with E-state index in [0.717, 1.165) is 5.69 Å². The summed E-state index contributed by atoms with van der Waals surface area (Å²) in [6, 6.07) is 5.61. The van der Waals surface area contributed by atoms with Gasteiger partial charge >= 0.3 is 0 Å². The lowest BCUT2D eigenvalue weighted by atomic mass is 10.2. The van der Waals surface area contributed by atoms with Crippen LogP contribution in [0.15, 0.2) is 18.2 Å². The minimum atomic E-state index is -0.139. The van der Waals surface area contributed by atoms with Crippen LogP contribution in [0.5, 0.6) is 0 Å². The Morgan fingerprint density at radius 1 is 1.53 bits per heavy atom. The summed E-state index contributed by atoms with van der Waals surface area (Å²) in [6.45, 7) is 4.08. The molecule has 0 fully saturated rings. The summed E-state index contributed by atoms with van der Waals surface area (Å²) in [5, 5.41) is 6.41. The monoisotopic (exact) mass is 256 g/mol. The number of benzene rings is 1. The van der Waals surface area contributed by atoms with Crippen molar-refractivity contribution in [2.45, 2.75) is 19.9 Å². The molecule has 4 nitrogen and oxygen atoms in total. The third-order valence-corrected chi connectivity index (χ3v) is 2.42. The van der Waals surface area contributed by atoms with E-state index in [1.807, 2.05) is 13.0 Å². The van der Waals surface area contributed by atoms with Crippen molar-refractivity contribution in [2.24, 2.45) is 0 Å². The van der Waals surface area contributed by atoms with E-state index in [2.05, 4.69) is 10.6 Å². The Morgan fingerprint density at radius 2 is 2.24 bits per heavy atom. The number of anilines is 2. The second-order valence-electron chi connectivity index (χ2n) is 3.88. The SMILES string of the molecule is COCC(C)Nc1ccc(NC(C)=O)c(Cl)c1. The molecule has 1 aromatic rings. The lowest BCUT2D eigenvalue weighted by molar-refractivity contribution is -0.114. The normalized spacial score (nSPS) is 12.0. The molecule has 0 bridgehead atoms. The maximum atomic E-state index is 10.9. The lowest BCUT2D eigenvalue weighted by Crippen LogP contribution is -2.20. The Hall–Kier alpha value is -1.26. The molecular weight excluding hydrogens is 240 g/mol. The van der Waals surface area contributed by atoms with Gasteiger partial charge in [0.25, 0.3) is 0 Å². The number of amides is 1.